The number of hydrogen-bond acceptors (Lipinski definition) is 1. The predicted octanol–water partition coefficient (Wildman–Crippen LogP) is 5.19. The number of ketones is 1. The molecule has 0 spiro atoms. The van der Waals surface area contributed by atoms with Crippen LogP contribution >= 0.6 is 54.5 Å². The van der Waals surface area contributed by atoms with Crippen molar-refractivity contribution < 1.29 is 9.18 Å². The van der Waals surface area contributed by atoms with Gasteiger partial charge in [0.15, 0.2) is 5.78 Å². The fourth-order valence-electron chi connectivity index (χ4n) is 1.46. The molecule has 0 aliphatic carbocycles. The molecule has 0 amide bonds. The van der Waals surface area contributed by atoms with E-state index < -0.39 is 0 Å². The summed E-state index contributed by atoms with van der Waals surface area (Å²) in [5, 5.41) is 0. The van der Waals surface area contributed by atoms with E-state index in [9.17, 15) is 9.18 Å². The monoisotopic (exact) mass is 482 g/mol. The molecule has 0 heterocycles. The third kappa shape index (κ3) is 3.00. The van der Waals surface area contributed by atoms with Crippen molar-refractivity contribution >= 4 is 60.2 Å². The van der Waals surface area contributed by atoms with E-state index in [-0.39, 0.29) is 11.6 Å². The Morgan fingerprint density at radius 3 is 2.50 bits per heavy atom. The molecule has 0 radical (unpaired) electrons. The molecular formula is C13H6Br2FIO. The minimum absolute atomic E-state index is 0.124. The quantitative estimate of drug-likeness (QED) is 0.424. The number of rotatable bonds is 2. The average Bonchev–Trinajstić information content (AvgIpc) is 2.35. The lowest BCUT2D eigenvalue weighted by Gasteiger charge is -2.05. The third-order valence-corrected chi connectivity index (χ3v) is 4.40. The zero-order valence-corrected chi connectivity index (χ0v) is 14.2. The van der Waals surface area contributed by atoms with Crippen LogP contribution < -0.4 is 0 Å². The van der Waals surface area contributed by atoms with Gasteiger partial charge in [-0.05, 0) is 74.9 Å². The lowest BCUT2D eigenvalue weighted by Crippen LogP contribution is -2.04. The van der Waals surface area contributed by atoms with Gasteiger partial charge in [0.1, 0.15) is 5.82 Å². The van der Waals surface area contributed by atoms with E-state index in [4.69, 9.17) is 0 Å². The Hall–Kier alpha value is -0.270. The van der Waals surface area contributed by atoms with E-state index in [1.54, 1.807) is 6.07 Å². The first-order valence-corrected chi connectivity index (χ1v) is 7.60. The van der Waals surface area contributed by atoms with Crippen LogP contribution in [0.15, 0.2) is 45.3 Å². The molecule has 0 N–H and O–H groups in total. The van der Waals surface area contributed by atoms with Gasteiger partial charge in [-0.1, -0.05) is 15.9 Å². The number of carbonyl (C=O) groups excluding carboxylic acids is 1. The summed E-state index contributed by atoms with van der Waals surface area (Å²) in [4.78, 5) is 12.3. The molecule has 0 saturated carbocycles. The van der Waals surface area contributed by atoms with Crippen molar-refractivity contribution in [3.8, 4) is 0 Å². The molecule has 92 valence electrons. The van der Waals surface area contributed by atoms with Gasteiger partial charge in [-0.25, -0.2) is 4.39 Å². The molecule has 2 rings (SSSR count). The van der Waals surface area contributed by atoms with Crippen LogP contribution in [0.3, 0.4) is 0 Å². The molecule has 0 aromatic heterocycles. The first kappa shape index (κ1) is 14.1. The number of benzene rings is 2. The fraction of sp³-hybridized carbons (Fsp3) is 0. The Bertz CT molecular complexity index is 628. The van der Waals surface area contributed by atoms with E-state index in [0.717, 1.165) is 8.04 Å². The topological polar surface area (TPSA) is 17.1 Å². The largest absolute Gasteiger partial charge is 0.289 e. The summed E-state index contributed by atoms with van der Waals surface area (Å²) < 4.78 is 15.1. The number of carbonyl (C=O) groups is 1. The lowest BCUT2D eigenvalue weighted by molar-refractivity contribution is 0.103. The maximum absolute atomic E-state index is 13.1. The molecule has 18 heavy (non-hydrogen) atoms. The molecule has 0 saturated heterocycles. The molecule has 0 unspecified atom stereocenters. The lowest BCUT2D eigenvalue weighted by atomic mass is 10.0. The van der Waals surface area contributed by atoms with Crippen LogP contribution in [0.1, 0.15) is 15.9 Å². The highest BCUT2D eigenvalue weighted by Crippen LogP contribution is 2.23. The van der Waals surface area contributed by atoms with Gasteiger partial charge in [-0.15, -0.1) is 0 Å². The van der Waals surface area contributed by atoms with E-state index >= 15 is 0 Å². The van der Waals surface area contributed by atoms with E-state index in [2.05, 4.69) is 54.5 Å². The van der Waals surface area contributed by atoms with Crippen molar-refractivity contribution in [2.24, 2.45) is 0 Å². The molecule has 0 aliphatic heterocycles. The Labute approximate surface area is 134 Å². The summed E-state index contributed by atoms with van der Waals surface area (Å²) in [6, 6.07) is 9.76. The minimum Gasteiger partial charge on any atom is -0.289 e. The maximum atomic E-state index is 13.1. The van der Waals surface area contributed by atoms with Crippen LogP contribution in [0.2, 0.25) is 0 Å². The molecular weight excluding hydrogens is 478 g/mol. The second kappa shape index (κ2) is 5.79. The van der Waals surface area contributed by atoms with Gasteiger partial charge in [-0.2, -0.15) is 0 Å². The van der Waals surface area contributed by atoms with E-state index in [1.807, 2.05) is 12.1 Å². The van der Waals surface area contributed by atoms with Crippen molar-refractivity contribution in [1.82, 2.24) is 0 Å². The Morgan fingerprint density at radius 1 is 1.11 bits per heavy atom. The SMILES string of the molecule is O=C(c1ccc(F)c(Br)c1)c1cc(Br)ccc1I. The highest BCUT2D eigenvalue weighted by molar-refractivity contribution is 14.1. The van der Waals surface area contributed by atoms with E-state index in [1.165, 1.54) is 18.2 Å². The van der Waals surface area contributed by atoms with Gasteiger partial charge in [0, 0.05) is 19.2 Å². The molecule has 0 aliphatic rings. The van der Waals surface area contributed by atoms with Gasteiger partial charge in [0.25, 0.3) is 0 Å². The Balaban J connectivity index is 2.47. The van der Waals surface area contributed by atoms with Crippen molar-refractivity contribution in [3.05, 3.63) is 65.9 Å². The van der Waals surface area contributed by atoms with Crippen molar-refractivity contribution in [1.29, 1.82) is 0 Å². The van der Waals surface area contributed by atoms with Gasteiger partial charge in [0.2, 0.25) is 0 Å². The van der Waals surface area contributed by atoms with Crippen molar-refractivity contribution in [2.75, 3.05) is 0 Å². The van der Waals surface area contributed by atoms with Crippen LogP contribution in [0.5, 0.6) is 0 Å². The van der Waals surface area contributed by atoms with Gasteiger partial charge in [-0.3, -0.25) is 4.79 Å². The zero-order chi connectivity index (χ0) is 13.3. The smallest absolute Gasteiger partial charge is 0.194 e. The predicted molar refractivity (Wildman–Crippen MR) is 84.4 cm³/mol. The van der Waals surface area contributed by atoms with Crippen LogP contribution in [0.25, 0.3) is 0 Å². The molecule has 2 aromatic carbocycles. The van der Waals surface area contributed by atoms with Crippen molar-refractivity contribution in [3.63, 3.8) is 0 Å². The van der Waals surface area contributed by atoms with Crippen LogP contribution in [-0.2, 0) is 0 Å². The minimum atomic E-state index is -0.379. The third-order valence-electron chi connectivity index (χ3n) is 2.35. The molecule has 1 nitrogen and oxygen atoms in total. The summed E-state index contributed by atoms with van der Waals surface area (Å²) in [6.45, 7) is 0. The van der Waals surface area contributed by atoms with Crippen LogP contribution in [-0.4, -0.2) is 5.78 Å². The number of halogens is 4. The zero-order valence-electron chi connectivity index (χ0n) is 8.88. The summed E-state index contributed by atoms with van der Waals surface area (Å²) in [5.74, 6) is -0.503. The molecule has 2 aromatic rings. The Morgan fingerprint density at radius 2 is 1.83 bits per heavy atom. The van der Waals surface area contributed by atoms with Gasteiger partial charge < -0.3 is 0 Å². The second-order valence-corrected chi connectivity index (χ2v) is 6.51. The normalized spacial score (nSPS) is 10.4. The summed E-state index contributed by atoms with van der Waals surface area (Å²) >= 11 is 8.53. The summed E-state index contributed by atoms with van der Waals surface area (Å²) in [7, 11) is 0. The second-order valence-electron chi connectivity index (χ2n) is 3.58. The van der Waals surface area contributed by atoms with E-state index in [0.29, 0.717) is 15.6 Å². The van der Waals surface area contributed by atoms with Gasteiger partial charge in [0.05, 0.1) is 4.47 Å². The van der Waals surface area contributed by atoms with Crippen molar-refractivity contribution in [2.45, 2.75) is 0 Å². The summed E-state index contributed by atoms with van der Waals surface area (Å²) in [6.07, 6.45) is 0. The maximum Gasteiger partial charge on any atom is 0.194 e. The number of hydrogen-bond donors (Lipinski definition) is 0. The molecule has 0 bridgehead atoms. The molecule has 0 fully saturated rings. The first-order valence-electron chi connectivity index (χ1n) is 4.94. The van der Waals surface area contributed by atoms with Crippen LogP contribution in [0.4, 0.5) is 4.39 Å². The highest BCUT2D eigenvalue weighted by atomic mass is 127. The fourth-order valence-corrected chi connectivity index (χ4v) is 2.78. The standard InChI is InChI=1S/C13H6Br2FIO/c14-8-2-4-12(17)9(6-8)13(18)7-1-3-11(16)10(15)5-7/h1-6H. The first-order chi connectivity index (χ1) is 8.49. The van der Waals surface area contributed by atoms with Crippen LogP contribution in [0, 0.1) is 9.39 Å². The summed E-state index contributed by atoms with van der Waals surface area (Å²) in [5.41, 5.74) is 1.06. The van der Waals surface area contributed by atoms with Gasteiger partial charge >= 0.3 is 0 Å². The Kier molecular flexibility index (Phi) is 4.55. The highest BCUT2D eigenvalue weighted by Gasteiger charge is 2.14. The molecule has 5 heteroatoms. The average molecular weight is 484 g/mol. The molecule has 0 atom stereocenters.